The molecule has 3 N–H and O–H groups in total. The molecule has 0 saturated heterocycles. The largest absolute Gasteiger partial charge is 0.396 e. The lowest BCUT2D eigenvalue weighted by Crippen LogP contribution is -2.06. The lowest BCUT2D eigenvalue weighted by Gasteiger charge is -1.92. The third-order valence-corrected chi connectivity index (χ3v) is 3.30. The van der Waals surface area contributed by atoms with Gasteiger partial charge in [-0.2, -0.15) is 19.2 Å². The molecule has 0 unspecified atom stereocenters. The third kappa shape index (κ3) is 158. The summed E-state index contributed by atoms with van der Waals surface area (Å²) in [6, 6.07) is 0.884. The van der Waals surface area contributed by atoms with E-state index in [2.05, 4.69) is 31.4 Å². The van der Waals surface area contributed by atoms with Crippen LogP contribution in [0.1, 0.15) is 106 Å². The SMILES string of the molecule is CC.CC.CCCCCCO.CCCCCOC.CCNC.CNC1CC1.O=C=O.O=C=O. The fraction of sp³-hybridized carbons (Fsp3) is 0.920. The molecular weight excluding hydrogens is 424 g/mol. The maximum atomic E-state index is 8.29. The van der Waals surface area contributed by atoms with Gasteiger partial charge in [0.2, 0.25) is 0 Å². The van der Waals surface area contributed by atoms with Crippen molar-refractivity contribution in [2.75, 3.05) is 41.0 Å². The first-order chi connectivity index (χ1) is 16.0. The van der Waals surface area contributed by atoms with Crippen LogP contribution in [0.5, 0.6) is 0 Å². The zero-order chi connectivity index (χ0) is 27.6. The highest BCUT2D eigenvalue weighted by molar-refractivity contribution is 5.20. The van der Waals surface area contributed by atoms with Crippen LogP contribution in [0.3, 0.4) is 0 Å². The first kappa shape index (κ1) is 48.9. The molecular formula is C25H58N2O6. The molecule has 1 aliphatic carbocycles. The summed E-state index contributed by atoms with van der Waals surface area (Å²) in [5.41, 5.74) is 0. The minimum Gasteiger partial charge on any atom is -0.396 e. The maximum Gasteiger partial charge on any atom is 0.373 e. The third-order valence-electron chi connectivity index (χ3n) is 3.30. The number of aliphatic hydroxyl groups excluding tert-OH is 1. The Labute approximate surface area is 205 Å². The Kier molecular flexibility index (Phi) is 115. The first-order valence-electron chi connectivity index (χ1n) is 12.4. The Hall–Kier alpha value is -1.40. The highest BCUT2D eigenvalue weighted by Crippen LogP contribution is 2.17. The Balaban J connectivity index is -0.0000000490. The second-order valence-electron chi connectivity index (χ2n) is 5.92. The number of carbonyl (C=O) groups excluding carboxylic acids is 4. The van der Waals surface area contributed by atoms with Crippen LogP contribution in [0.2, 0.25) is 0 Å². The standard InChI is InChI=1S/2C6H14O.C4H9N.C3H9N.2C2H6.2CO2/c1-3-4-5-6-7-2;1-2-3-4-5-6-7;1-5-4-2-3-4;1-3-4-2;2*1-2;2*2-1-3/h3-6H2,1-2H3;7H,2-6H2,1H3;4-5H,2-3H2,1H3;4H,3H2,1-2H3;2*1-2H3;;. The molecule has 0 aliphatic heterocycles. The molecule has 1 fully saturated rings. The molecule has 0 radical (unpaired) electrons. The minimum atomic E-state index is 0.250. The monoisotopic (exact) mass is 482 g/mol. The van der Waals surface area contributed by atoms with Gasteiger partial charge < -0.3 is 20.5 Å². The van der Waals surface area contributed by atoms with Crippen molar-refractivity contribution in [3.63, 3.8) is 0 Å². The number of aliphatic hydroxyl groups is 1. The number of hydrogen-bond donors (Lipinski definition) is 3. The van der Waals surface area contributed by atoms with Crippen molar-refractivity contribution in [2.24, 2.45) is 0 Å². The van der Waals surface area contributed by atoms with E-state index >= 15 is 0 Å². The Morgan fingerprint density at radius 3 is 1.33 bits per heavy atom. The smallest absolute Gasteiger partial charge is 0.373 e. The lowest BCUT2D eigenvalue weighted by atomic mass is 10.2. The van der Waals surface area contributed by atoms with Gasteiger partial charge in [-0.25, -0.2) is 0 Å². The van der Waals surface area contributed by atoms with Crippen molar-refractivity contribution < 1.29 is 29.0 Å². The van der Waals surface area contributed by atoms with Crippen molar-refractivity contribution in [1.82, 2.24) is 10.6 Å². The molecule has 33 heavy (non-hydrogen) atoms. The topological polar surface area (TPSA) is 122 Å². The molecule has 204 valence electrons. The normalized spacial score (nSPS) is 9.30. The van der Waals surface area contributed by atoms with E-state index in [9.17, 15) is 0 Å². The van der Waals surface area contributed by atoms with Crippen LogP contribution in [0.15, 0.2) is 0 Å². The van der Waals surface area contributed by atoms with E-state index in [1.165, 1.54) is 51.4 Å². The summed E-state index contributed by atoms with van der Waals surface area (Å²) >= 11 is 0. The summed E-state index contributed by atoms with van der Waals surface area (Å²) in [6.07, 6.45) is 11.8. The van der Waals surface area contributed by atoms with Crippen molar-refractivity contribution in [1.29, 1.82) is 0 Å². The number of hydrogen-bond acceptors (Lipinski definition) is 8. The molecule has 0 aromatic heterocycles. The molecule has 8 heteroatoms. The Bertz CT molecular complexity index is 271. The van der Waals surface area contributed by atoms with Crippen molar-refractivity contribution in [3.8, 4) is 0 Å². The van der Waals surface area contributed by atoms with Gasteiger partial charge in [-0.1, -0.05) is 80.6 Å². The summed E-state index contributed by atoms with van der Waals surface area (Å²) < 4.78 is 4.84. The number of rotatable bonds is 10. The van der Waals surface area contributed by atoms with E-state index in [0.717, 1.165) is 25.6 Å². The Morgan fingerprint density at radius 2 is 1.15 bits per heavy atom. The summed E-state index contributed by atoms with van der Waals surface area (Å²) in [7, 11) is 5.69. The van der Waals surface area contributed by atoms with E-state index in [1.54, 1.807) is 7.11 Å². The van der Waals surface area contributed by atoms with Gasteiger partial charge in [0.15, 0.2) is 0 Å². The van der Waals surface area contributed by atoms with Crippen molar-refractivity contribution >= 4 is 12.3 Å². The molecule has 1 aliphatic rings. The second-order valence-corrected chi connectivity index (χ2v) is 5.92. The molecule has 0 atom stereocenters. The molecule has 0 heterocycles. The molecule has 0 aromatic carbocycles. The molecule has 1 rings (SSSR count). The average molecular weight is 483 g/mol. The molecule has 1 saturated carbocycles. The van der Waals surface area contributed by atoms with Crippen LogP contribution in [0.25, 0.3) is 0 Å². The second kappa shape index (κ2) is 77.5. The predicted molar refractivity (Wildman–Crippen MR) is 137 cm³/mol. The van der Waals surface area contributed by atoms with Crippen LogP contribution >= 0.6 is 0 Å². The van der Waals surface area contributed by atoms with E-state index in [1.807, 2.05) is 41.8 Å². The van der Waals surface area contributed by atoms with Crippen LogP contribution in [0, 0.1) is 0 Å². The highest BCUT2D eigenvalue weighted by Gasteiger charge is 2.17. The van der Waals surface area contributed by atoms with Gasteiger partial charge in [-0.3, -0.25) is 0 Å². The zero-order valence-electron chi connectivity index (χ0n) is 23.6. The van der Waals surface area contributed by atoms with Crippen LogP contribution in [-0.4, -0.2) is 64.4 Å². The number of ether oxygens (including phenoxy) is 1. The molecule has 0 spiro atoms. The van der Waals surface area contributed by atoms with Gasteiger partial charge in [0.05, 0.1) is 0 Å². The molecule has 0 amide bonds. The summed E-state index contributed by atoms with van der Waals surface area (Å²) in [6.45, 7) is 16.8. The first-order valence-corrected chi connectivity index (χ1v) is 12.4. The van der Waals surface area contributed by atoms with Crippen LogP contribution < -0.4 is 10.6 Å². The van der Waals surface area contributed by atoms with Crippen LogP contribution in [-0.2, 0) is 23.9 Å². The van der Waals surface area contributed by atoms with Gasteiger partial charge in [0, 0.05) is 26.4 Å². The van der Waals surface area contributed by atoms with Gasteiger partial charge in [0.25, 0.3) is 0 Å². The highest BCUT2D eigenvalue weighted by atomic mass is 16.5. The maximum absolute atomic E-state index is 8.29. The molecule has 0 bridgehead atoms. The quantitative estimate of drug-likeness (QED) is 0.377. The van der Waals surface area contributed by atoms with E-state index in [-0.39, 0.29) is 12.3 Å². The van der Waals surface area contributed by atoms with Crippen molar-refractivity contribution in [3.05, 3.63) is 0 Å². The number of methoxy groups -OCH3 is 1. The van der Waals surface area contributed by atoms with Gasteiger partial charge in [-0.15, -0.1) is 0 Å². The fourth-order valence-corrected chi connectivity index (χ4v) is 1.41. The predicted octanol–water partition coefficient (Wildman–Crippen LogP) is 4.86. The van der Waals surface area contributed by atoms with E-state index in [4.69, 9.17) is 29.0 Å². The lowest BCUT2D eigenvalue weighted by molar-refractivity contribution is -0.193. The van der Waals surface area contributed by atoms with E-state index < -0.39 is 0 Å². The van der Waals surface area contributed by atoms with E-state index in [0.29, 0.717) is 6.61 Å². The van der Waals surface area contributed by atoms with Gasteiger partial charge >= 0.3 is 12.3 Å². The van der Waals surface area contributed by atoms with Gasteiger partial charge in [0.1, 0.15) is 0 Å². The minimum absolute atomic E-state index is 0.250. The van der Waals surface area contributed by atoms with Crippen molar-refractivity contribution in [2.45, 2.75) is 112 Å². The fourth-order valence-electron chi connectivity index (χ4n) is 1.41. The zero-order valence-corrected chi connectivity index (χ0v) is 23.6. The summed E-state index contributed by atoms with van der Waals surface area (Å²) in [5.74, 6) is 0. The average Bonchev–Trinajstić information content (AvgIpc) is 3.69. The number of unbranched alkanes of at least 4 members (excludes halogenated alkanes) is 5. The summed E-state index contributed by atoms with van der Waals surface area (Å²) in [5, 5.41) is 14.4. The van der Waals surface area contributed by atoms with Crippen LogP contribution in [0.4, 0.5) is 0 Å². The van der Waals surface area contributed by atoms with Gasteiger partial charge in [-0.05, 0) is 46.3 Å². The summed E-state index contributed by atoms with van der Waals surface area (Å²) in [4.78, 5) is 32.5. The Morgan fingerprint density at radius 1 is 0.788 bits per heavy atom. The molecule has 8 nitrogen and oxygen atoms in total. The molecule has 0 aromatic rings. The number of nitrogens with one attached hydrogen (secondary N) is 2.